The molecule has 1 fully saturated rings. The third kappa shape index (κ3) is 4.04. The van der Waals surface area contributed by atoms with Gasteiger partial charge in [0.15, 0.2) is 0 Å². The van der Waals surface area contributed by atoms with Crippen molar-refractivity contribution in [3.05, 3.63) is 72.8 Å². The van der Waals surface area contributed by atoms with Gasteiger partial charge >= 0.3 is 0 Å². The molecule has 1 saturated heterocycles. The summed E-state index contributed by atoms with van der Waals surface area (Å²) in [6.07, 6.45) is 0. The van der Waals surface area contributed by atoms with Gasteiger partial charge in [-0.15, -0.1) is 0 Å². The molecule has 0 atom stereocenters. The number of hydrogen-bond donors (Lipinski definition) is 0. The average Bonchev–Trinajstić information content (AvgIpc) is 2.73. The Morgan fingerprint density at radius 1 is 0.767 bits per heavy atom. The third-order valence-electron chi connectivity index (χ3n) is 4.61. The van der Waals surface area contributed by atoms with Crippen LogP contribution in [0.3, 0.4) is 0 Å². The maximum absolute atomic E-state index is 12.8. The van der Waals surface area contributed by atoms with Gasteiger partial charge in [-0.05, 0) is 12.1 Å². The van der Waals surface area contributed by atoms with Gasteiger partial charge in [0.2, 0.25) is 10.0 Å². The monoisotopic (exact) mass is 437 g/mol. The molecule has 0 spiro atoms. The third-order valence-corrected chi connectivity index (χ3v) is 6.51. The highest BCUT2D eigenvalue weighted by atomic mass is 32.2. The lowest BCUT2D eigenvalue weighted by molar-refractivity contribution is -0.393. The summed E-state index contributed by atoms with van der Waals surface area (Å²) in [5.41, 5.74) is -1.06. The Morgan fingerprint density at radius 2 is 1.37 bits per heavy atom. The van der Waals surface area contributed by atoms with E-state index in [1.54, 1.807) is 4.90 Å². The Labute approximate surface area is 169 Å². The molecule has 14 heteroatoms. The molecule has 0 radical (unpaired) electrons. The normalized spacial score (nSPS) is 15.0. The van der Waals surface area contributed by atoms with Crippen molar-refractivity contribution in [1.82, 2.24) is 4.31 Å². The highest BCUT2D eigenvalue weighted by Crippen LogP contribution is 2.33. The zero-order valence-electron chi connectivity index (χ0n) is 15.3. The molecule has 0 aliphatic carbocycles. The molecule has 0 saturated carbocycles. The van der Waals surface area contributed by atoms with Gasteiger partial charge < -0.3 is 4.90 Å². The molecular formula is C16H15N5O8S. The summed E-state index contributed by atoms with van der Waals surface area (Å²) < 4.78 is 26.7. The van der Waals surface area contributed by atoms with E-state index in [2.05, 4.69) is 0 Å². The summed E-state index contributed by atoms with van der Waals surface area (Å²) in [4.78, 5) is 32.3. The first-order chi connectivity index (χ1) is 14.1. The number of hydrogen-bond acceptors (Lipinski definition) is 9. The second-order valence-corrected chi connectivity index (χ2v) is 8.27. The fourth-order valence-electron chi connectivity index (χ4n) is 3.11. The van der Waals surface area contributed by atoms with E-state index < -0.39 is 36.2 Å². The van der Waals surface area contributed by atoms with Crippen LogP contribution in [0.15, 0.2) is 47.4 Å². The second kappa shape index (κ2) is 8.00. The molecule has 0 N–H and O–H groups in total. The lowest BCUT2D eigenvalue weighted by Gasteiger charge is -2.35. The van der Waals surface area contributed by atoms with Gasteiger partial charge in [-0.25, -0.2) is 8.42 Å². The van der Waals surface area contributed by atoms with Crippen LogP contribution in [0.2, 0.25) is 0 Å². The van der Waals surface area contributed by atoms with Crippen LogP contribution >= 0.6 is 0 Å². The summed E-state index contributed by atoms with van der Waals surface area (Å²) in [6.45, 7) is 0.179. The first kappa shape index (κ1) is 21.1. The van der Waals surface area contributed by atoms with Crippen molar-refractivity contribution in [2.75, 3.05) is 31.1 Å². The molecule has 13 nitrogen and oxygen atoms in total. The van der Waals surface area contributed by atoms with E-state index in [1.165, 1.54) is 24.3 Å². The van der Waals surface area contributed by atoms with Gasteiger partial charge in [0, 0.05) is 44.4 Å². The van der Waals surface area contributed by atoms with Crippen molar-refractivity contribution in [3.8, 4) is 0 Å². The van der Waals surface area contributed by atoms with E-state index in [9.17, 15) is 38.8 Å². The molecule has 0 aromatic heterocycles. The molecule has 0 unspecified atom stereocenters. The predicted molar refractivity (Wildman–Crippen MR) is 104 cm³/mol. The summed E-state index contributed by atoms with van der Waals surface area (Å²) in [5.74, 6) is 0. The lowest BCUT2D eigenvalue weighted by atomic mass is 10.2. The molecule has 0 amide bonds. The first-order valence-corrected chi connectivity index (χ1v) is 9.97. The first-order valence-electron chi connectivity index (χ1n) is 8.53. The molecular weight excluding hydrogens is 422 g/mol. The topological polar surface area (TPSA) is 170 Å². The smallest absolute Gasteiger partial charge is 0.299 e. The van der Waals surface area contributed by atoms with E-state index in [1.807, 2.05) is 0 Å². The van der Waals surface area contributed by atoms with E-state index in [-0.39, 0.29) is 42.4 Å². The minimum atomic E-state index is -3.99. The molecule has 3 rings (SSSR count). The standard InChI is InChI=1S/C16H15N5O8S/c22-19(23)12-2-1-3-14(10-12)30(28,29)18-8-6-17(7-9-18)15-5-4-13(20(24)25)11-16(15)21(26)27/h1-5,10-11H,6-9H2. The number of nitrogens with zero attached hydrogens (tertiary/aromatic N) is 5. The Hall–Kier alpha value is -3.65. The summed E-state index contributed by atoms with van der Waals surface area (Å²) >= 11 is 0. The van der Waals surface area contributed by atoms with Crippen LogP contribution in [0.25, 0.3) is 0 Å². The van der Waals surface area contributed by atoms with Crippen molar-refractivity contribution in [3.63, 3.8) is 0 Å². The van der Waals surface area contributed by atoms with Gasteiger partial charge in [0.05, 0.1) is 25.7 Å². The second-order valence-electron chi connectivity index (χ2n) is 6.33. The van der Waals surface area contributed by atoms with Crippen molar-refractivity contribution in [2.24, 2.45) is 0 Å². The molecule has 158 valence electrons. The number of non-ortho nitro benzene ring substituents is 2. The number of nitro groups is 3. The number of rotatable bonds is 6. The highest BCUT2D eigenvalue weighted by molar-refractivity contribution is 7.89. The van der Waals surface area contributed by atoms with Crippen molar-refractivity contribution in [1.29, 1.82) is 0 Å². The van der Waals surface area contributed by atoms with Crippen LogP contribution in [0.5, 0.6) is 0 Å². The Bertz CT molecular complexity index is 1130. The Kier molecular flexibility index (Phi) is 5.62. The molecule has 1 aliphatic heterocycles. The van der Waals surface area contributed by atoms with Gasteiger partial charge in [-0.2, -0.15) is 4.31 Å². The van der Waals surface area contributed by atoms with Crippen LogP contribution in [0.1, 0.15) is 0 Å². The van der Waals surface area contributed by atoms with E-state index >= 15 is 0 Å². The predicted octanol–water partition coefficient (Wildman–Crippen LogP) is 1.92. The number of sulfonamides is 1. The minimum Gasteiger partial charge on any atom is -0.363 e. The van der Waals surface area contributed by atoms with Crippen LogP contribution < -0.4 is 4.90 Å². The Morgan fingerprint density at radius 3 is 1.93 bits per heavy atom. The molecule has 2 aromatic carbocycles. The van der Waals surface area contributed by atoms with E-state index in [0.717, 1.165) is 22.5 Å². The Balaban J connectivity index is 1.81. The van der Waals surface area contributed by atoms with E-state index in [0.29, 0.717) is 0 Å². The van der Waals surface area contributed by atoms with E-state index in [4.69, 9.17) is 0 Å². The fraction of sp³-hybridized carbons (Fsp3) is 0.250. The molecule has 1 aliphatic rings. The fourth-order valence-corrected chi connectivity index (χ4v) is 4.58. The zero-order valence-corrected chi connectivity index (χ0v) is 16.1. The maximum Gasteiger partial charge on any atom is 0.299 e. The molecule has 1 heterocycles. The average molecular weight is 437 g/mol. The van der Waals surface area contributed by atoms with Gasteiger partial charge in [0.25, 0.3) is 17.1 Å². The summed E-state index contributed by atoms with van der Waals surface area (Å²) in [6, 6.07) is 7.97. The van der Waals surface area contributed by atoms with Gasteiger partial charge in [-0.3, -0.25) is 30.3 Å². The van der Waals surface area contributed by atoms with Crippen LogP contribution in [-0.4, -0.2) is 53.7 Å². The van der Waals surface area contributed by atoms with Gasteiger partial charge in [0.1, 0.15) is 5.69 Å². The lowest BCUT2D eigenvalue weighted by Crippen LogP contribution is -2.48. The number of nitro benzene ring substituents is 3. The summed E-state index contributed by atoms with van der Waals surface area (Å²) in [5, 5.41) is 33.1. The highest BCUT2D eigenvalue weighted by Gasteiger charge is 2.32. The SMILES string of the molecule is O=[N+]([O-])c1cccc(S(=O)(=O)N2CCN(c3ccc([N+](=O)[O-])cc3[N+](=O)[O-])CC2)c1. The minimum absolute atomic E-state index is 0.0147. The largest absolute Gasteiger partial charge is 0.363 e. The number of anilines is 1. The zero-order chi connectivity index (χ0) is 22.1. The van der Waals surface area contributed by atoms with Crippen molar-refractivity contribution >= 4 is 32.8 Å². The van der Waals surface area contributed by atoms with Crippen LogP contribution in [0, 0.1) is 30.3 Å². The molecule has 30 heavy (non-hydrogen) atoms. The van der Waals surface area contributed by atoms with Crippen LogP contribution in [-0.2, 0) is 10.0 Å². The van der Waals surface area contributed by atoms with Gasteiger partial charge in [-0.1, -0.05) is 6.07 Å². The van der Waals surface area contributed by atoms with Crippen molar-refractivity contribution in [2.45, 2.75) is 4.90 Å². The molecule has 2 aromatic rings. The molecule has 0 bridgehead atoms. The maximum atomic E-state index is 12.8. The van der Waals surface area contributed by atoms with Crippen molar-refractivity contribution < 1.29 is 23.2 Å². The summed E-state index contributed by atoms with van der Waals surface area (Å²) in [7, 11) is -3.99. The quantitative estimate of drug-likeness (QED) is 0.483. The number of benzene rings is 2. The van der Waals surface area contributed by atoms with Crippen LogP contribution in [0.4, 0.5) is 22.7 Å². The number of piperazine rings is 1.